The minimum atomic E-state index is 0.795. The number of benzene rings is 2. The predicted octanol–water partition coefficient (Wildman–Crippen LogP) is 4.30. The Hall–Kier alpha value is -1.61. The van der Waals surface area contributed by atoms with Crippen molar-refractivity contribution in [3.63, 3.8) is 0 Å². The first kappa shape index (κ1) is 11.5. The van der Waals surface area contributed by atoms with E-state index in [1.54, 1.807) is 0 Å². The van der Waals surface area contributed by atoms with Crippen LogP contribution in [0.3, 0.4) is 0 Å². The van der Waals surface area contributed by atoms with Gasteiger partial charge in [0.15, 0.2) is 0 Å². The highest BCUT2D eigenvalue weighted by atomic mass is 79.9. The first-order valence-corrected chi connectivity index (χ1v) is 6.76. The zero-order valence-electron chi connectivity index (χ0n) is 10.1. The molecule has 2 nitrogen and oxygen atoms in total. The molecule has 2 N–H and O–H groups in total. The van der Waals surface area contributed by atoms with Gasteiger partial charge in [-0.3, -0.25) is 4.98 Å². The molecule has 0 fully saturated rings. The number of halogens is 1. The molecule has 0 aliphatic heterocycles. The van der Waals surface area contributed by atoms with Crippen molar-refractivity contribution >= 4 is 43.3 Å². The minimum absolute atomic E-state index is 0.795. The lowest BCUT2D eigenvalue weighted by atomic mass is 10.0. The zero-order valence-corrected chi connectivity index (χ0v) is 11.7. The van der Waals surface area contributed by atoms with Crippen LogP contribution in [0.2, 0.25) is 0 Å². The molecular formula is C15H13BrN2. The van der Waals surface area contributed by atoms with E-state index in [-0.39, 0.29) is 0 Å². The molecule has 3 aromatic rings. The van der Waals surface area contributed by atoms with E-state index in [1.807, 2.05) is 18.2 Å². The Kier molecular flexibility index (Phi) is 2.71. The van der Waals surface area contributed by atoms with Crippen molar-refractivity contribution in [3.05, 3.63) is 46.6 Å². The third-order valence-corrected chi connectivity index (χ3v) is 3.87. The average molecular weight is 301 g/mol. The number of fused-ring (bicyclic) bond motifs is 3. The summed E-state index contributed by atoms with van der Waals surface area (Å²) in [5, 5.41) is 3.33. The Morgan fingerprint density at radius 1 is 1.11 bits per heavy atom. The Balaban J connectivity index is 2.56. The third kappa shape index (κ3) is 1.66. The second kappa shape index (κ2) is 4.25. The van der Waals surface area contributed by atoms with Crippen LogP contribution in [0.15, 0.2) is 40.9 Å². The second-order valence-electron chi connectivity index (χ2n) is 4.36. The number of aryl methyl sites for hydroxylation is 1. The molecule has 0 bridgehead atoms. The lowest BCUT2D eigenvalue weighted by Crippen LogP contribution is -1.95. The lowest BCUT2D eigenvalue weighted by molar-refractivity contribution is 1.06. The number of hydrogen-bond donors (Lipinski definition) is 1. The number of hydrogen-bond acceptors (Lipinski definition) is 2. The van der Waals surface area contributed by atoms with Crippen LogP contribution in [0, 0.1) is 0 Å². The second-order valence-corrected chi connectivity index (χ2v) is 5.21. The molecule has 0 aliphatic carbocycles. The fraction of sp³-hybridized carbons (Fsp3) is 0.133. The highest BCUT2D eigenvalue weighted by Gasteiger charge is 2.09. The van der Waals surface area contributed by atoms with Gasteiger partial charge in [-0.05, 0) is 23.9 Å². The summed E-state index contributed by atoms with van der Waals surface area (Å²) in [5.41, 5.74) is 8.95. The molecule has 1 aromatic heterocycles. The number of aromatic nitrogens is 1. The number of nitrogens with zero attached hydrogens (tertiary/aromatic N) is 1. The van der Waals surface area contributed by atoms with Crippen LogP contribution in [0.25, 0.3) is 21.7 Å². The first-order chi connectivity index (χ1) is 8.70. The molecule has 18 heavy (non-hydrogen) atoms. The molecular weight excluding hydrogens is 288 g/mol. The first-order valence-electron chi connectivity index (χ1n) is 5.97. The van der Waals surface area contributed by atoms with Gasteiger partial charge in [0.1, 0.15) is 0 Å². The molecule has 90 valence electrons. The number of nitrogens with two attached hydrogens (primary N) is 1. The van der Waals surface area contributed by atoms with Crippen molar-refractivity contribution in [2.45, 2.75) is 13.3 Å². The smallest absolute Gasteiger partial charge is 0.0805 e. The van der Waals surface area contributed by atoms with E-state index in [0.717, 1.165) is 38.6 Å². The van der Waals surface area contributed by atoms with Crippen LogP contribution in [-0.2, 0) is 6.42 Å². The molecule has 2 aromatic carbocycles. The zero-order chi connectivity index (χ0) is 12.7. The molecule has 0 aliphatic rings. The van der Waals surface area contributed by atoms with E-state index in [2.05, 4.69) is 41.1 Å². The van der Waals surface area contributed by atoms with Gasteiger partial charge in [0.25, 0.3) is 0 Å². The predicted molar refractivity (Wildman–Crippen MR) is 80.7 cm³/mol. The van der Waals surface area contributed by atoms with Crippen molar-refractivity contribution in [2.24, 2.45) is 0 Å². The molecule has 0 atom stereocenters. The Morgan fingerprint density at radius 3 is 2.56 bits per heavy atom. The van der Waals surface area contributed by atoms with Crippen molar-refractivity contribution in [2.75, 3.05) is 5.73 Å². The normalized spacial score (nSPS) is 11.2. The van der Waals surface area contributed by atoms with Crippen LogP contribution in [0.5, 0.6) is 0 Å². The summed E-state index contributed by atoms with van der Waals surface area (Å²) in [5.74, 6) is 0. The maximum atomic E-state index is 6.13. The van der Waals surface area contributed by atoms with Crippen LogP contribution in [0.1, 0.15) is 12.6 Å². The molecule has 0 saturated carbocycles. The summed E-state index contributed by atoms with van der Waals surface area (Å²) in [6, 6.07) is 12.3. The van der Waals surface area contributed by atoms with E-state index in [0.29, 0.717) is 0 Å². The minimum Gasteiger partial charge on any atom is -0.398 e. The van der Waals surface area contributed by atoms with Gasteiger partial charge in [-0.2, -0.15) is 0 Å². The summed E-state index contributed by atoms with van der Waals surface area (Å²) in [6.45, 7) is 2.09. The van der Waals surface area contributed by atoms with E-state index >= 15 is 0 Å². The van der Waals surface area contributed by atoms with E-state index < -0.39 is 0 Å². The quantitative estimate of drug-likeness (QED) is 0.681. The largest absolute Gasteiger partial charge is 0.398 e. The molecule has 0 radical (unpaired) electrons. The fourth-order valence-electron chi connectivity index (χ4n) is 2.27. The Bertz CT molecular complexity index is 750. The average Bonchev–Trinajstić information content (AvgIpc) is 2.40. The highest BCUT2D eigenvalue weighted by molar-refractivity contribution is 9.10. The van der Waals surface area contributed by atoms with Crippen LogP contribution >= 0.6 is 15.9 Å². The van der Waals surface area contributed by atoms with Crippen molar-refractivity contribution in [3.8, 4) is 0 Å². The number of pyridine rings is 1. The monoisotopic (exact) mass is 300 g/mol. The summed E-state index contributed by atoms with van der Waals surface area (Å²) < 4.78 is 1.06. The Labute approximate surface area is 114 Å². The summed E-state index contributed by atoms with van der Waals surface area (Å²) in [6.07, 6.45) is 0.893. The third-order valence-electron chi connectivity index (χ3n) is 3.22. The van der Waals surface area contributed by atoms with Gasteiger partial charge in [0.05, 0.1) is 5.52 Å². The van der Waals surface area contributed by atoms with Crippen LogP contribution < -0.4 is 5.73 Å². The van der Waals surface area contributed by atoms with Crippen LogP contribution in [-0.4, -0.2) is 4.98 Å². The maximum Gasteiger partial charge on any atom is 0.0805 e. The van der Waals surface area contributed by atoms with Gasteiger partial charge >= 0.3 is 0 Å². The van der Waals surface area contributed by atoms with Gasteiger partial charge in [0.2, 0.25) is 0 Å². The highest BCUT2D eigenvalue weighted by Crippen LogP contribution is 2.33. The van der Waals surface area contributed by atoms with Crippen molar-refractivity contribution in [1.82, 2.24) is 4.98 Å². The Morgan fingerprint density at radius 2 is 1.83 bits per heavy atom. The number of anilines is 1. The van der Waals surface area contributed by atoms with Gasteiger partial charge in [0, 0.05) is 26.6 Å². The number of nitrogen functional groups attached to an aromatic ring is 1. The summed E-state index contributed by atoms with van der Waals surface area (Å²) in [4.78, 5) is 4.72. The lowest BCUT2D eigenvalue weighted by Gasteiger charge is -2.09. The van der Waals surface area contributed by atoms with E-state index in [4.69, 9.17) is 10.7 Å². The molecule has 3 rings (SSSR count). The van der Waals surface area contributed by atoms with E-state index in [1.165, 1.54) is 5.39 Å². The fourth-order valence-corrected chi connectivity index (χ4v) is 2.85. The molecule has 0 saturated heterocycles. The molecule has 0 spiro atoms. The van der Waals surface area contributed by atoms with Crippen molar-refractivity contribution in [1.29, 1.82) is 0 Å². The van der Waals surface area contributed by atoms with Gasteiger partial charge < -0.3 is 5.73 Å². The molecule has 1 heterocycles. The topological polar surface area (TPSA) is 38.9 Å². The van der Waals surface area contributed by atoms with Gasteiger partial charge in [-0.15, -0.1) is 0 Å². The number of rotatable bonds is 1. The standard InChI is InChI=1S/C15H13BrN2/c1-2-9-7-14(17)12-8-13(16)10-5-3-4-6-11(10)15(12)18-9/h3-8H,2H2,1H3,(H2,17,18). The van der Waals surface area contributed by atoms with Crippen LogP contribution in [0.4, 0.5) is 5.69 Å². The van der Waals surface area contributed by atoms with Gasteiger partial charge in [-0.25, -0.2) is 0 Å². The molecule has 0 unspecified atom stereocenters. The summed E-state index contributed by atoms with van der Waals surface area (Å²) >= 11 is 3.60. The maximum absolute atomic E-state index is 6.13. The summed E-state index contributed by atoms with van der Waals surface area (Å²) in [7, 11) is 0. The molecule has 3 heteroatoms. The molecule has 0 amide bonds. The van der Waals surface area contributed by atoms with Crippen molar-refractivity contribution < 1.29 is 0 Å². The van der Waals surface area contributed by atoms with E-state index in [9.17, 15) is 0 Å². The van der Waals surface area contributed by atoms with Gasteiger partial charge in [-0.1, -0.05) is 47.1 Å². The SMILES string of the molecule is CCc1cc(N)c2cc(Br)c3ccccc3c2n1.